The number of likely N-dealkylation sites (tertiary alicyclic amines) is 1. The van der Waals surface area contributed by atoms with Crippen LogP contribution in [-0.4, -0.2) is 40.2 Å². The van der Waals surface area contributed by atoms with Gasteiger partial charge in [0.2, 0.25) is 0 Å². The van der Waals surface area contributed by atoms with Gasteiger partial charge in [-0.3, -0.25) is 9.59 Å². The second-order valence-electron chi connectivity index (χ2n) is 6.24. The molecule has 5 heteroatoms. The number of carbonyl (C=O) groups excluding carboxylic acids is 1. The number of nitrogens with zero attached hydrogens (tertiary/aromatic N) is 1. The van der Waals surface area contributed by atoms with E-state index in [0.717, 1.165) is 30.8 Å². The molecular weight excluding hydrogens is 298 g/mol. The van der Waals surface area contributed by atoms with Crippen LogP contribution in [0.4, 0.5) is 0 Å². The average Bonchev–Trinajstić information content (AvgIpc) is 2.90. The Morgan fingerprint density at radius 3 is 2.68 bits per heavy atom. The molecular formula is C17H23NO3S. The lowest BCUT2D eigenvalue weighted by molar-refractivity contribution is -0.136. The Morgan fingerprint density at radius 1 is 1.41 bits per heavy atom. The number of thioether (sulfide) groups is 1. The number of carboxylic acid groups (broad SMARTS) is 1. The van der Waals surface area contributed by atoms with E-state index in [2.05, 4.69) is 13.8 Å². The third-order valence-electron chi connectivity index (χ3n) is 4.47. The summed E-state index contributed by atoms with van der Waals surface area (Å²) in [6.45, 7) is 7.56. The van der Waals surface area contributed by atoms with Crippen molar-refractivity contribution < 1.29 is 14.7 Å². The third kappa shape index (κ3) is 3.64. The van der Waals surface area contributed by atoms with Crippen molar-refractivity contribution >= 4 is 23.6 Å². The van der Waals surface area contributed by atoms with Gasteiger partial charge in [-0.05, 0) is 37.3 Å². The quantitative estimate of drug-likeness (QED) is 0.843. The van der Waals surface area contributed by atoms with Gasteiger partial charge in [0.05, 0.1) is 5.56 Å². The van der Waals surface area contributed by atoms with E-state index in [1.807, 2.05) is 23.1 Å². The van der Waals surface area contributed by atoms with Gasteiger partial charge in [-0.25, -0.2) is 0 Å². The van der Waals surface area contributed by atoms with Crippen LogP contribution in [-0.2, 0) is 4.79 Å². The molecule has 0 bridgehead atoms. The SMILES string of the molecule is CCC1(C)CCN(C(=O)c2ccccc2SC(C)C(=O)O)C1. The van der Waals surface area contributed by atoms with Crippen LogP contribution < -0.4 is 0 Å². The van der Waals surface area contributed by atoms with Crippen molar-refractivity contribution in [3.63, 3.8) is 0 Å². The molecule has 0 aliphatic carbocycles. The molecule has 0 spiro atoms. The summed E-state index contributed by atoms with van der Waals surface area (Å²) in [6.07, 6.45) is 2.08. The highest BCUT2D eigenvalue weighted by Gasteiger charge is 2.35. The second kappa shape index (κ2) is 6.73. The molecule has 22 heavy (non-hydrogen) atoms. The molecule has 0 aromatic heterocycles. The molecule has 1 aromatic carbocycles. The van der Waals surface area contributed by atoms with Crippen LogP contribution in [0.5, 0.6) is 0 Å². The molecule has 2 atom stereocenters. The number of rotatable bonds is 5. The summed E-state index contributed by atoms with van der Waals surface area (Å²) in [7, 11) is 0. The zero-order valence-corrected chi connectivity index (χ0v) is 14.2. The standard InChI is InChI=1S/C17H23NO3S/c1-4-17(3)9-10-18(11-17)15(19)13-7-5-6-8-14(13)22-12(2)16(20)21/h5-8,12H,4,9-11H2,1-3H3,(H,20,21). The molecule has 1 amide bonds. The first-order valence-electron chi connectivity index (χ1n) is 7.64. The lowest BCUT2D eigenvalue weighted by Crippen LogP contribution is -2.31. The molecule has 1 aliphatic rings. The molecule has 2 unspecified atom stereocenters. The molecule has 0 radical (unpaired) electrons. The van der Waals surface area contributed by atoms with Crippen molar-refractivity contribution in [1.29, 1.82) is 0 Å². The Hall–Kier alpha value is -1.49. The molecule has 1 N–H and O–H groups in total. The molecule has 120 valence electrons. The smallest absolute Gasteiger partial charge is 0.316 e. The van der Waals surface area contributed by atoms with Gasteiger partial charge in [-0.1, -0.05) is 26.0 Å². The van der Waals surface area contributed by atoms with Crippen LogP contribution >= 0.6 is 11.8 Å². The number of hydrogen-bond donors (Lipinski definition) is 1. The van der Waals surface area contributed by atoms with Gasteiger partial charge in [0.1, 0.15) is 5.25 Å². The second-order valence-corrected chi connectivity index (χ2v) is 7.62. The van der Waals surface area contributed by atoms with E-state index in [-0.39, 0.29) is 11.3 Å². The highest BCUT2D eigenvalue weighted by Crippen LogP contribution is 2.35. The minimum absolute atomic E-state index is 0.0119. The Balaban J connectivity index is 2.19. The van der Waals surface area contributed by atoms with Crippen LogP contribution in [0.2, 0.25) is 0 Å². The number of benzene rings is 1. The van der Waals surface area contributed by atoms with Crippen LogP contribution in [0.15, 0.2) is 29.2 Å². The van der Waals surface area contributed by atoms with Gasteiger partial charge in [-0.15, -0.1) is 11.8 Å². The van der Waals surface area contributed by atoms with Crippen molar-refractivity contribution in [2.75, 3.05) is 13.1 Å². The van der Waals surface area contributed by atoms with Gasteiger partial charge < -0.3 is 10.0 Å². The molecule has 1 aromatic rings. The van der Waals surface area contributed by atoms with E-state index in [9.17, 15) is 9.59 Å². The van der Waals surface area contributed by atoms with Gasteiger partial charge in [0.15, 0.2) is 0 Å². The van der Waals surface area contributed by atoms with E-state index in [1.165, 1.54) is 11.8 Å². The number of aliphatic carboxylic acids is 1. The van der Waals surface area contributed by atoms with Gasteiger partial charge in [-0.2, -0.15) is 0 Å². The Bertz CT molecular complexity index is 575. The number of carboxylic acids is 1. The minimum atomic E-state index is -0.869. The van der Waals surface area contributed by atoms with Crippen molar-refractivity contribution in [3.8, 4) is 0 Å². The molecule has 1 fully saturated rings. The molecule has 2 rings (SSSR count). The largest absolute Gasteiger partial charge is 0.480 e. The van der Waals surface area contributed by atoms with Gasteiger partial charge in [0, 0.05) is 18.0 Å². The summed E-state index contributed by atoms with van der Waals surface area (Å²) in [4.78, 5) is 26.5. The zero-order chi connectivity index (χ0) is 16.3. The summed E-state index contributed by atoms with van der Waals surface area (Å²) in [5.74, 6) is -0.857. The fourth-order valence-electron chi connectivity index (χ4n) is 2.64. The van der Waals surface area contributed by atoms with E-state index in [4.69, 9.17) is 5.11 Å². The molecule has 0 saturated carbocycles. The van der Waals surface area contributed by atoms with Crippen molar-refractivity contribution in [1.82, 2.24) is 4.90 Å². The number of hydrogen-bond acceptors (Lipinski definition) is 3. The maximum Gasteiger partial charge on any atom is 0.316 e. The van der Waals surface area contributed by atoms with E-state index in [1.54, 1.807) is 13.0 Å². The average molecular weight is 321 g/mol. The first-order chi connectivity index (χ1) is 10.4. The van der Waals surface area contributed by atoms with Gasteiger partial charge in [0.25, 0.3) is 5.91 Å². The first-order valence-corrected chi connectivity index (χ1v) is 8.52. The Labute approximate surface area is 135 Å². The third-order valence-corrected chi connectivity index (χ3v) is 5.63. The van der Waals surface area contributed by atoms with Crippen LogP contribution in [0, 0.1) is 5.41 Å². The predicted molar refractivity (Wildman–Crippen MR) is 88.3 cm³/mol. The summed E-state index contributed by atoms with van der Waals surface area (Å²) in [6, 6.07) is 7.29. The Morgan fingerprint density at radius 2 is 2.09 bits per heavy atom. The monoisotopic (exact) mass is 321 g/mol. The van der Waals surface area contributed by atoms with Crippen LogP contribution in [0.25, 0.3) is 0 Å². The lowest BCUT2D eigenvalue weighted by Gasteiger charge is -2.23. The molecule has 1 heterocycles. The lowest BCUT2D eigenvalue weighted by atomic mass is 9.87. The summed E-state index contributed by atoms with van der Waals surface area (Å²) in [5, 5.41) is 8.49. The summed E-state index contributed by atoms with van der Waals surface area (Å²) < 4.78 is 0. The van der Waals surface area contributed by atoms with Gasteiger partial charge >= 0.3 is 5.97 Å². The van der Waals surface area contributed by atoms with E-state index < -0.39 is 11.2 Å². The predicted octanol–water partition coefficient (Wildman–Crippen LogP) is 3.51. The summed E-state index contributed by atoms with van der Waals surface area (Å²) >= 11 is 1.22. The zero-order valence-electron chi connectivity index (χ0n) is 13.3. The fraction of sp³-hybridized carbons (Fsp3) is 0.529. The topological polar surface area (TPSA) is 57.6 Å². The highest BCUT2D eigenvalue weighted by atomic mass is 32.2. The maximum absolute atomic E-state index is 12.8. The van der Waals surface area contributed by atoms with Crippen molar-refractivity contribution in [2.24, 2.45) is 5.41 Å². The fourth-order valence-corrected chi connectivity index (χ4v) is 3.56. The molecule has 1 saturated heterocycles. The normalized spacial score (nSPS) is 22.6. The van der Waals surface area contributed by atoms with Crippen LogP contribution in [0.1, 0.15) is 44.0 Å². The minimum Gasteiger partial charge on any atom is -0.480 e. The molecule has 4 nitrogen and oxygen atoms in total. The maximum atomic E-state index is 12.8. The summed E-state index contributed by atoms with van der Waals surface area (Å²) in [5.41, 5.74) is 0.812. The Kier molecular flexibility index (Phi) is 5.16. The van der Waals surface area contributed by atoms with Crippen molar-refractivity contribution in [3.05, 3.63) is 29.8 Å². The van der Waals surface area contributed by atoms with E-state index in [0.29, 0.717) is 5.56 Å². The van der Waals surface area contributed by atoms with Crippen molar-refractivity contribution in [2.45, 2.75) is 43.8 Å². The number of amides is 1. The highest BCUT2D eigenvalue weighted by molar-refractivity contribution is 8.00. The molecule has 1 aliphatic heterocycles. The number of carbonyl (C=O) groups is 2. The van der Waals surface area contributed by atoms with E-state index >= 15 is 0 Å². The first kappa shape index (κ1) is 16.9. The van der Waals surface area contributed by atoms with Crippen LogP contribution in [0.3, 0.4) is 0 Å².